The molecule has 0 aliphatic carbocycles. The van der Waals surface area contributed by atoms with Crippen molar-refractivity contribution in [1.82, 2.24) is 0 Å². The van der Waals surface area contributed by atoms with Gasteiger partial charge in [-0.05, 0) is 40.4 Å². The molecule has 0 fully saturated rings. The van der Waals surface area contributed by atoms with Crippen LogP contribution in [-0.2, 0) is 0 Å². The monoisotopic (exact) mass is 229 g/mol. The molecule has 1 rings (SSSR count). The standard InChI is InChI=1S/C12H17F2NO/c1-7(2)10-5-9(15(13)14)6-11(8(3)4)12(10)16/h5-8,16H,1-4H3. The number of phenolic OH excluding ortho intramolecular Hbond substituents is 1. The first-order valence-electron chi connectivity index (χ1n) is 5.33. The Morgan fingerprint density at radius 3 is 1.62 bits per heavy atom. The fourth-order valence-electron chi connectivity index (χ4n) is 1.64. The third-order valence-corrected chi connectivity index (χ3v) is 2.59. The zero-order chi connectivity index (χ0) is 12.5. The van der Waals surface area contributed by atoms with Crippen LogP contribution in [0.25, 0.3) is 0 Å². The van der Waals surface area contributed by atoms with Crippen molar-refractivity contribution < 1.29 is 14.1 Å². The Morgan fingerprint density at radius 2 is 1.38 bits per heavy atom. The molecule has 0 unspecified atom stereocenters. The van der Waals surface area contributed by atoms with Crippen molar-refractivity contribution in [3.05, 3.63) is 23.3 Å². The molecule has 0 saturated carbocycles. The molecule has 0 heterocycles. The molecule has 1 aromatic rings. The van der Waals surface area contributed by atoms with E-state index in [4.69, 9.17) is 0 Å². The molecule has 0 spiro atoms. The highest BCUT2D eigenvalue weighted by Gasteiger charge is 2.17. The maximum atomic E-state index is 12.5. The Hall–Kier alpha value is -1.32. The van der Waals surface area contributed by atoms with Gasteiger partial charge in [-0.3, -0.25) is 0 Å². The minimum atomic E-state index is -0.919. The normalized spacial score (nSPS) is 11.2. The highest BCUT2D eigenvalue weighted by atomic mass is 19.4. The maximum absolute atomic E-state index is 12.5. The molecule has 16 heavy (non-hydrogen) atoms. The number of halogens is 2. The van der Waals surface area contributed by atoms with Crippen LogP contribution in [0.15, 0.2) is 12.1 Å². The summed E-state index contributed by atoms with van der Waals surface area (Å²) in [6, 6.07) is 2.65. The zero-order valence-corrected chi connectivity index (χ0v) is 9.96. The highest BCUT2D eigenvalue weighted by Crippen LogP contribution is 2.37. The van der Waals surface area contributed by atoms with E-state index in [9.17, 15) is 14.1 Å². The van der Waals surface area contributed by atoms with Crippen LogP contribution in [0.5, 0.6) is 5.75 Å². The van der Waals surface area contributed by atoms with Gasteiger partial charge in [0.25, 0.3) is 0 Å². The highest BCUT2D eigenvalue weighted by molar-refractivity contribution is 5.56. The van der Waals surface area contributed by atoms with Crippen molar-refractivity contribution in [3.63, 3.8) is 0 Å². The van der Waals surface area contributed by atoms with Gasteiger partial charge in [0.15, 0.2) is 0 Å². The Balaban J connectivity index is 3.39. The summed E-state index contributed by atoms with van der Waals surface area (Å²) in [7, 11) is 0. The van der Waals surface area contributed by atoms with Crippen LogP contribution in [0.4, 0.5) is 14.6 Å². The van der Waals surface area contributed by atoms with Gasteiger partial charge < -0.3 is 5.11 Å². The van der Waals surface area contributed by atoms with E-state index >= 15 is 0 Å². The van der Waals surface area contributed by atoms with Crippen LogP contribution < -0.4 is 5.34 Å². The van der Waals surface area contributed by atoms with Crippen molar-refractivity contribution in [1.29, 1.82) is 0 Å². The second-order valence-electron chi connectivity index (χ2n) is 4.52. The number of rotatable bonds is 3. The van der Waals surface area contributed by atoms with Gasteiger partial charge in [0.05, 0.1) is 0 Å². The summed E-state index contributed by atoms with van der Waals surface area (Å²) in [4.78, 5) is 0. The van der Waals surface area contributed by atoms with Crippen molar-refractivity contribution in [3.8, 4) is 5.75 Å². The largest absolute Gasteiger partial charge is 0.507 e. The van der Waals surface area contributed by atoms with Gasteiger partial charge in [0, 0.05) is 0 Å². The van der Waals surface area contributed by atoms with Gasteiger partial charge in [0.1, 0.15) is 11.4 Å². The molecule has 0 atom stereocenters. The van der Waals surface area contributed by atoms with Gasteiger partial charge in [0.2, 0.25) is 0 Å². The SMILES string of the molecule is CC(C)c1cc(N(F)F)cc(C(C)C)c1O. The number of benzene rings is 1. The lowest BCUT2D eigenvalue weighted by molar-refractivity contribution is 0.235. The van der Waals surface area contributed by atoms with E-state index in [0.29, 0.717) is 11.1 Å². The summed E-state index contributed by atoms with van der Waals surface area (Å²) in [6.07, 6.45) is 0. The van der Waals surface area contributed by atoms with E-state index in [-0.39, 0.29) is 23.3 Å². The van der Waals surface area contributed by atoms with Crippen LogP contribution in [0.2, 0.25) is 0 Å². The Labute approximate surface area is 94.4 Å². The number of phenols is 1. The van der Waals surface area contributed by atoms with Crippen LogP contribution in [0.1, 0.15) is 50.7 Å². The molecule has 0 bridgehead atoms. The predicted octanol–water partition coefficient (Wildman–Crippen LogP) is 4.21. The summed E-state index contributed by atoms with van der Waals surface area (Å²) >= 11 is 0. The quantitative estimate of drug-likeness (QED) is 0.784. The van der Waals surface area contributed by atoms with Crippen molar-refractivity contribution in [2.75, 3.05) is 5.34 Å². The number of hydrogen-bond donors (Lipinski definition) is 1. The molecular weight excluding hydrogens is 212 g/mol. The molecule has 0 amide bonds. The first kappa shape index (κ1) is 12.7. The van der Waals surface area contributed by atoms with Crippen molar-refractivity contribution in [2.24, 2.45) is 0 Å². The summed E-state index contributed by atoms with van der Waals surface area (Å²) in [5, 5.41) is 9.05. The summed E-state index contributed by atoms with van der Waals surface area (Å²) in [5.74, 6) is 0.158. The van der Waals surface area contributed by atoms with Crippen LogP contribution in [-0.4, -0.2) is 5.11 Å². The summed E-state index contributed by atoms with van der Waals surface area (Å²) < 4.78 is 25.1. The second kappa shape index (κ2) is 4.68. The number of nitrogens with zero attached hydrogens (tertiary/aromatic N) is 1. The summed E-state index contributed by atoms with van der Waals surface area (Å²) in [5.41, 5.74) is 0.938. The lowest BCUT2D eigenvalue weighted by Crippen LogP contribution is -2.02. The van der Waals surface area contributed by atoms with Gasteiger partial charge in [-0.15, -0.1) is 0 Å². The van der Waals surface area contributed by atoms with E-state index in [1.54, 1.807) is 0 Å². The third-order valence-electron chi connectivity index (χ3n) is 2.59. The van der Waals surface area contributed by atoms with E-state index in [0.717, 1.165) is 0 Å². The summed E-state index contributed by atoms with van der Waals surface area (Å²) in [6.45, 7) is 7.46. The minimum absolute atomic E-state index is 0.0115. The molecule has 1 aromatic carbocycles. The molecular formula is C12H17F2NO. The third kappa shape index (κ3) is 2.43. The first-order chi connectivity index (χ1) is 7.34. The minimum Gasteiger partial charge on any atom is -0.507 e. The Morgan fingerprint density at radius 1 is 1.00 bits per heavy atom. The van der Waals surface area contributed by atoms with Crippen LogP contribution in [0.3, 0.4) is 0 Å². The molecule has 1 N–H and O–H groups in total. The topological polar surface area (TPSA) is 23.5 Å². The van der Waals surface area contributed by atoms with E-state index in [1.807, 2.05) is 27.7 Å². The van der Waals surface area contributed by atoms with Gasteiger partial charge >= 0.3 is 0 Å². The fourth-order valence-corrected chi connectivity index (χ4v) is 1.64. The Bertz CT molecular complexity index is 346. The lowest BCUT2D eigenvalue weighted by atomic mass is 9.93. The van der Waals surface area contributed by atoms with Gasteiger partial charge in [-0.2, -0.15) is 0 Å². The number of hydrogen-bond acceptors (Lipinski definition) is 2. The van der Waals surface area contributed by atoms with Crippen molar-refractivity contribution >= 4 is 5.69 Å². The second-order valence-corrected chi connectivity index (χ2v) is 4.52. The average molecular weight is 229 g/mol. The predicted molar refractivity (Wildman–Crippen MR) is 61.0 cm³/mol. The van der Waals surface area contributed by atoms with Crippen LogP contribution >= 0.6 is 0 Å². The Kier molecular flexibility index (Phi) is 3.73. The van der Waals surface area contributed by atoms with E-state index in [2.05, 4.69) is 0 Å². The smallest absolute Gasteiger partial charge is 0.122 e. The van der Waals surface area contributed by atoms with Gasteiger partial charge in [-0.1, -0.05) is 36.7 Å². The molecule has 0 aliphatic heterocycles. The maximum Gasteiger partial charge on any atom is 0.122 e. The van der Waals surface area contributed by atoms with Crippen LogP contribution in [0, 0.1) is 0 Å². The fraction of sp³-hybridized carbons (Fsp3) is 0.500. The van der Waals surface area contributed by atoms with E-state index in [1.165, 1.54) is 12.1 Å². The average Bonchev–Trinajstić information content (AvgIpc) is 2.16. The molecule has 4 heteroatoms. The first-order valence-corrected chi connectivity index (χ1v) is 5.33. The van der Waals surface area contributed by atoms with Crippen molar-refractivity contribution in [2.45, 2.75) is 39.5 Å². The lowest BCUT2D eigenvalue weighted by Gasteiger charge is -2.17. The molecule has 0 aliphatic rings. The molecule has 2 nitrogen and oxygen atoms in total. The van der Waals surface area contributed by atoms with Gasteiger partial charge in [-0.25, -0.2) is 0 Å². The number of aromatic hydroxyl groups is 1. The molecule has 0 saturated heterocycles. The molecule has 0 radical (unpaired) electrons. The van der Waals surface area contributed by atoms with E-state index < -0.39 is 5.34 Å². The number of anilines is 1. The molecule has 0 aromatic heterocycles. The zero-order valence-electron chi connectivity index (χ0n) is 9.96. The molecule has 90 valence electrons.